The first-order valence-corrected chi connectivity index (χ1v) is 6.16. The van der Waals surface area contributed by atoms with E-state index in [1.165, 1.54) is 6.07 Å². The summed E-state index contributed by atoms with van der Waals surface area (Å²) < 4.78 is 28.8. The number of benzene rings is 1. The van der Waals surface area contributed by atoms with Gasteiger partial charge in [0, 0.05) is 11.8 Å². The lowest BCUT2D eigenvalue weighted by molar-refractivity contribution is -0.117. The lowest BCUT2D eigenvalue weighted by Gasteiger charge is -2.13. The molecule has 1 saturated heterocycles. The van der Waals surface area contributed by atoms with Gasteiger partial charge in [-0.25, -0.2) is 0 Å². The molecule has 1 heterocycles. The number of rotatable bonds is 4. The summed E-state index contributed by atoms with van der Waals surface area (Å²) in [6.07, 6.45) is 1.75. The van der Waals surface area contributed by atoms with Crippen molar-refractivity contribution in [1.29, 1.82) is 0 Å². The highest BCUT2D eigenvalue weighted by molar-refractivity contribution is 5.95. The molecular formula is C13H17ClF2N2O2. The van der Waals surface area contributed by atoms with Crippen molar-refractivity contribution >= 4 is 24.0 Å². The molecule has 1 fully saturated rings. The lowest BCUT2D eigenvalue weighted by Crippen LogP contribution is -2.35. The van der Waals surface area contributed by atoms with Gasteiger partial charge >= 0.3 is 6.61 Å². The van der Waals surface area contributed by atoms with Crippen LogP contribution in [0.1, 0.15) is 18.4 Å². The lowest BCUT2D eigenvalue weighted by atomic mass is 10.2. The fourth-order valence-electron chi connectivity index (χ4n) is 2.04. The molecule has 0 bridgehead atoms. The molecule has 1 aliphatic heterocycles. The second-order valence-corrected chi connectivity index (χ2v) is 4.50. The molecule has 1 unspecified atom stereocenters. The van der Waals surface area contributed by atoms with Gasteiger partial charge in [0.1, 0.15) is 5.75 Å². The number of aryl methyl sites for hydroxylation is 1. The second kappa shape index (κ2) is 7.40. The number of anilines is 1. The fourth-order valence-corrected chi connectivity index (χ4v) is 2.04. The van der Waals surface area contributed by atoms with Crippen LogP contribution in [0, 0.1) is 6.92 Å². The van der Waals surface area contributed by atoms with E-state index >= 15 is 0 Å². The van der Waals surface area contributed by atoms with Crippen LogP contribution < -0.4 is 15.4 Å². The molecule has 4 nitrogen and oxygen atoms in total. The molecule has 1 aromatic rings. The molecule has 0 aromatic heterocycles. The van der Waals surface area contributed by atoms with E-state index in [-0.39, 0.29) is 30.1 Å². The van der Waals surface area contributed by atoms with Gasteiger partial charge in [0.05, 0.1) is 6.04 Å². The summed E-state index contributed by atoms with van der Waals surface area (Å²) in [6.45, 7) is -0.380. The molecular weight excluding hydrogens is 290 g/mol. The zero-order chi connectivity index (χ0) is 13.8. The molecule has 0 spiro atoms. The zero-order valence-corrected chi connectivity index (χ0v) is 11.8. The molecule has 112 valence electrons. The molecule has 2 N–H and O–H groups in total. The summed E-state index contributed by atoms with van der Waals surface area (Å²) in [5, 5.41) is 5.77. The van der Waals surface area contributed by atoms with E-state index in [2.05, 4.69) is 15.4 Å². The maximum Gasteiger partial charge on any atom is 0.387 e. The molecule has 2 rings (SSSR count). The van der Waals surface area contributed by atoms with Crippen molar-refractivity contribution in [3.63, 3.8) is 0 Å². The summed E-state index contributed by atoms with van der Waals surface area (Å²) >= 11 is 0. The third-order valence-corrected chi connectivity index (χ3v) is 3.05. The molecule has 1 amide bonds. The summed E-state index contributed by atoms with van der Waals surface area (Å²) in [6, 6.07) is 4.50. The van der Waals surface area contributed by atoms with Crippen molar-refractivity contribution in [3.05, 3.63) is 23.8 Å². The Balaban J connectivity index is 0.00000200. The molecule has 0 radical (unpaired) electrons. The van der Waals surface area contributed by atoms with Crippen LogP contribution in [0.15, 0.2) is 18.2 Å². The number of carbonyl (C=O) groups is 1. The highest BCUT2D eigenvalue weighted by Gasteiger charge is 2.22. The van der Waals surface area contributed by atoms with Crippen molar-refractivity contribution in [3.8, 4) is 5.75 Å². The van der Waals surface area contributed by atoms with Crippen LogP contribution in [-0.2, 0) is 4.79 Å². The quantitative estimate of drug-likeness (QED) is 0.899. The highest BCUT2D eigenvalue weighted by Crippen LogP contribution is 2.24. The number of hydrogen-bond acceptors (Lipinski definition) is 3. The first-order chi connectivity index (χ1) is 9.06. The van der Waals surface area contributed by atoms with Crippen molar-refractivity contribution in [2.75, 3.05) is 11.9 Å². The van der Waals surface area contributed by atoms with Crippen LogP contribution in [0.25, 0.3) is 0 Å². The topological polar surface area (TPSA) is 50.4 Å². The molecule has 1 aliphatic rings. The van der Waals surface area contributed by atoms with Crippen LogP contribution in [0.2, 0.25) is 0 Å². The van der Waals surface area contributed by atoms with Gasteiger partial charge in [-0.3, -0.25) is 4.79 Å². The first kappa shape index (κ1) is 16.7. The van der Waals surface area contributed by atoms with Gasteiger partial charge in [-0.05, 0) is 37.9 Å². The Morgan fingerprint density at radius 3 is 2.85 bits per heavy atom. The number of nitrogens with one attached hydrogen (secondary N) is 2. The predicted octanol–water partition coefficient (Wildman–Crippen LogP) is 2.71. The van der Waals surface area contributed by atoms with Gasteiger partial charge in [0.15, 0.2) is 0 Å². The Morgan fingerprint density at radius 2 is 2.25 bits per heavy atom. The smallest absolute Gasteiger partial charge is 0.387 e. The van der Waals surface area contributed by atoms with Gasteiger partial charge in [-0.1, -0.05) is 6.07 Å². The van der Waals surface area contributed by atoms with Crippen molar-refractivity contribution in [1.82, 2.24) is 5.32 Å². The minimum absolute atomic E-state index is 0. The van der Waals surface area contributed by atoms with E-state index in [1.807, 2.05) is 0 Å². The van der Waals surface area contributed by atoms with Crippen molar-refractivity contribution < 1.29 is 18.3 Å². The number of halogens is 3. The van der Waals surface area contributed by atoms with Crippen LogP contribution in [-0.4, -0.2) is 25.1 Å². The number of hydrogen-bond donors (Lipinski definition) is 2. The van der Waals surface area contributed by atoms with Gasteiger partial charge in [-0.2, -0.15) is 8.78 Å². The third-order valence-electron chi connectivity index (χ3n) is 3.05. The average Bonchev–Trinajstić information content (AvgIpc) is 2.86. The van der Waals surface area contributed by atoms with E-state index < -0.39 is 6.61 Å². The molecule has 20 heavy (non-hydrogen) atoms. The molecule has 0 aliphatic carbocycles. The van der Waals surface area contributed by atoms with Gasteiger partial charge in [0.25, 0.3) is 0 Å². The van der Waals surface area contributed by atoms with Crippen LogP contribution in [0.5, 0.6) is 5.75 Å². The number of carbonyl (C=O) groups excluding carboxylic acids is 1. The Morgan fingerprint density at radius 1 is 1.50 bits per heavy atom. The van der Waals surface area contributed by atoms with Crippen LogP contribution >= 0.6 is 12.4 Å². The summed E-state index contributed by atoms with van der Waals surface area (Å²) in [5.74, 6) is -0.0727. The highest BCUT2D eigenvalue weighted by atomic mass is 35.5. The van der Waals surface area contributed by atoms with E-state index in [1.54, 1.807) is 19.1 Å². The Kier molecular flexibility index (Phi) is 6.16. The summed E-state index contributed by atoms with van der Waals surface area (Å²) in [4.78, 5) is 11.9. The maximum absolute atomic E-state index is 12.2. The molecule has 1 atom stereocenters. The molecule has 1 aromatic carbocycles. The fraction of sp³-hybridized carbons (Fsp3) is 0.462. The minimum atomic E-state index is -2.87. The second-order valence-electron chi connectivity index (χ2n) is 4.50. The number of ether oxygens (including phenoxy) is 1. The minimum Gasteiger partial charge on any atom is -0.434 e. The molecule has 0 saturated carbocycles. The van der Waals surface area contributed by atoms with Gasteiger partial charge < -0.3 is 15.4 Å². The van der Waals surface area contributed by atoms with E-state index in [0.717, 1.165) is 19.4 Å². The standard InChI is InChI=1S/C13H16F2N2O2.ClH/c1-8-4-5-9(7-11(8)19-13(14)15)17-12(18)10-3-2-6-16-10;/h4-5,7,10,13,16H,2-3,6H2,1H3,(H,17,18);1H. The van der Waals surface area contributed by atoms with E-state index in [4.69, 9.17) is 0 Å². The van der Waals surface area contributed by atoms with Crippen molar-refractivity contribution in [2.45, 2.75) is 32.4 Å². The monoisotopic (exact) mass is 306 g/mol. The molecule has 7 heteroatoms. The first-order valence-electron chi connectivity index (χ1n) is 6.16. The predicted molar refractivity (Wildman–Crippen MR) is 74.7 cm³/mol. The normalized spacial score (nSPS) is 17.7. The SMILES string of the molecule is Cc1ccc(NC(=O)C2CCCN2)cc1OC(F)F.Cl. The van der Waals surface area contributed by atoms with Crippen LogP contribution in [0.4, 0.5) is 14.5 Å². The van der Waals surface area contributed by atoms with Crippen LogP contribution in [0.3, 0.4) is 0 Å². The number of alkyl halides is 2. The Hall–Kier alpha value is -1.40. The maximum atomic E-state index is 12.2. The summed E-state index contributed by atoms with van der Waals surface area (Å²) in [5.41, 5.74) is 1.05. The zero-order valence-electron chi connectivity index (χ0n) is 11.0. The number of amides is 1. The Bertz CT molecular complexity index is 466. The van der Waals surface area contributed by atoms with Crippen molar-refractivity contribution in [2.24, 2.45) is 0 Å². The third kappa shape index (κ3) is 4.31. The van der Waals surface area contributed by atoms with Gasteiger partial charge in [-0.15, -0.1) is 12.4 Å². The van der Waals surface area contributed by atoms with E-state index in [0.29, 0.717) is 11.3 Å². The Labute approximate surface area is 122 Å². The average molecular weight is 307 g/mol. The van der Waals surface area contributed by atoms with E-state index in [9.17, 15) is 13.6 Å². The largest absolute Gasteiger partial charge is 0.434 e. The summed E-state index contributed by atoms with van der Waals surface area (Å²) in [7, 11) is 0. The van der Waals surface area contributed by atoms with Gasteiger partial charge in [0.2, 0.25) is 5.91 Å².